The lowest BCUT2D eigenvalue weighted by molar-refractivity contribution is -0.132. The number of carbonyl (C=O) groups is 2. The molecule has 1 heterocycles. The number of carbonyl (C=O) groups excluding carboxylic acids is 2. The van der Waals surface area contributed by atoms with Crippen LogP contribution in [0.15, 0.2) is 18.2 Å². The minimum atomic E-state index is -0.218. The number of fused-ring (bicyclic) bond motifs is 2. The molecule has 0 radical (unpaired) electrons. The van der Waals surface area contributed by atoms with E-state index in [9.17, 15) is 14.0 Å². The van der Waals surface area contributed by atoms with Crippen molar-refractivity contribution in [1.29, 1.82) is 0 Å². The molecule has 2 aliphatic rings. The first-order chi connectivity index (χ1) is 11.9. The standard InChI is InChI=1S/C20H27FN2O2/c1-4-18(24)23-9-7-20(8-10-23)13-14(11-19(25)22(2)3)16-6-5-15(21)12-17(16)20/h5-6,12,14H,4,7-11,13H2,1-3H3. The first-order valence-electron chi connectivity index (χ1n) is 9.14. The SMILES string of the molecule is CCC(=O)N1CCC2(CC1)CC(CC(=O)N(C)C)c1ccc(F)cc12. The predicted molar refractivity (Wildman–Crippen MR) is 94.9 cm³/mol. The van der Waals surface area contributed by atoms with E-state index in [1.165, 1.54) is 6.07 Å². The number of piperidine rings is 1. The molecule has 25 heavy (non-hydrogen) atoms. The van der Waals surface area contributed by atoms with Crippen molar-refractivity contribution in [3.05, 3.63) is 35.1 Å². The second-order valence-electron chi connectivity index (χ2n) is 7.64. The molecular formula is C20H27FN2O2. The van der Waals surface area contributed by atoms with Crippen molar-refractivity contribution in [2.75, 3.05) is 27.2 Å². The van der Waals surface area contributed by atoms with E-state index >= 15 is 0 Å². The van der Waals surface area contributed by atoms with Gasteiger partial charge >= 0.3 is 0 Å². The number of likely N-dealkylation sites (tertiary alicyclic amines) is 1. The van der Waals surface area contributed by atoms with Crippen LogP contribution in [0, 0.1) is 5.82 Å². The van der Waals surface area contributed by atoms with Crippen LogP contribution < -0.4 is 0 Å². The van der Waals surface area contributed by atoms with Crippen LogP contribution in [-0.4, -0.2) is 48.8 Å². The monoisotopic (exact) mass is 346 g/mol. The molecule has 1 unspecified atom stereocenters. The Hall–Kier alpha value is -1.91. The van der Waals surface area contributed by atoms with Crippen LogP contribution in [0.25, 0.3) is 0 Å². The molecule has 2 amide bonds. The maximum Gasteiger partial charge on any atom is 0.222 e. The van der Waals surface area contributed by atoms with Crippen LogP contribution in [0.3, 0.4) is 0 Å². The Labute approximate surface area is 149 Å². The van der Waals surface area contributed by atoms with Gasteiger partial charge in [-0.05, 0) is 53.9 Å². The molecule has 0 saturated carbocycles. The van der Waals surface area contributed by atoms with Gasteiger partial charge in [0.1, 0.15) is 5.82 Å². The van der Waals surface area contributed by atoms with Crippen LogP contribution in [0.1, 0.15) is 56.1 Å². The van der Waals surface area contributed by atoms with Crippen molar-refractivity contribution < 1.29 is 14.0 Å². The Balaban J connectivity index is 1.86. The summed E-state index contributed by atoms with van der Waals surface area (Å²) in [6.45, 7) is 3.32. The van der Waals surface area contributed by atoms with E-state index in [1.54, 1.807) is 25.1 Å². The minimum absolute atomic E-state index is 0.0980. The maximum atomic E-state index is 13.9. The maximum absolute atomic E-state index is 13.9. The van der Waals surface area contributed by atoms with Crippen molar-refractivity contribution in [1.82, 2.24) is 9.80 Å². The van der Waals surface area contributed by atoms with Gasteiger partial charge in [-0.2, -0.15) is 0 Å². The summed E-state index contributed by atoms with van der Waals surface area (Å²) in [5.74, 6) is 0.214. The molecule has 1 atom stereocenters. The molecule has 5 heteroatoms. The van der Waals surface area contributed by atoms with Crippen molar-refractivity contribution in [2.45, 2.75) is 50.4 Å². The zero-order valence-corrected chi connectivity index (χ0v) is 15.3. The fourth-order valence-corrected chi connectivity index (χ4v) is 4.49. The number of halogens is 1. The van der Waals surface area contributed by atoms with Gasteiger partial charge in [0.2, 0.25) is 11.8 Å². The first kappa shape index (κ1) is 17.9. The molecule has 3 rings (SSSR count). The summed E-state index contributed by atoms with van der Waals surface area (Å²) in [5, 5.41) is 0. The first-order valence-corrected chi connectivity index (χ1v) is 9.14. The van der Waals surface area contributed by atoms with E-state index in [4.69, 9.17) is 0 Å². The molecule has 1 aromatic carbocycles. The van der Waals surface area contributed by atoms with Crippen LogP contribution in [0.5, 0.6) is 0 Å². The number of hydrogen-bond donors (Lipinski definition) is 0. The van der Waals surface area contributed by atoms with E-state index < -0.39 is 0 Å². The largest absolute Gasteiger partial charge is 0.349 e. The summed E-state index contributed by atoms with van der Waals surface area (Å²) in [7, 11) is 3.54. The molecule has 1 aliphatic heterocycles. The van der Waals surface area contributed by atoms with E-state index in [2.05, 4.69) is 0 Å². The molecular weight excluding hydrogens is 319 g/mol. The summed E-state index contributed by atoms with van der Waals surface area (Å²) < 4.78 is 13.9. The molecule has 1 spiro atoms. The number of benzene rings is 1. The summed E-state index contributed by atoms with van der Waals surface area (Å²) in [6, 6.07) is 5.02. The fourth-order valence-electron chi connectivity index (χ4n) is 4.49. The average Bonchev–Trinajstić information content (AvgIpc) is 2.87. The second-order valence-corrected chi connectivity index (χ2v) is 7.64. The highest BCUT2D eigenvalue weighted by Gasteiger charge is 2.46. The fraction of sp³-hybridized carbons (Fsp3) is 0.600. The smallest absolute Gasteiger partial charge is 0.222 e. The molecule has 0 bridgehead atoms. The minimum Gasteiger partial charge on any atom is -0.349 e. The number of nitrogens with zero attached hydrogens (tertiary/aromatic N) is 2. The third-order valence-electron chi connectivity index (χ3n) is 5.96. The highest BCUT2D eigenvalue weighted by molar-refractivity contribution is 5.77. The van der Waals surface area contributed by atoms with Crippen molar-refractivity contribution in [2.24, 2.45) is 0 Å². The van der Waals surface area contributed by atoms with Crippen LogP contribution in [-0.2, 0) is 15.0 Å². The molecule has 1 saturated heterocycles. The Morgan fingerprint density at radius 3 is 2.56 bits per heavy atom. The van der Waals surface area contributed by atoms with Gasteiger partial charge in [-0.1, -0.05) is 13.0 Å². The molecule has 4 nitrogen and oxygen atoms in total. The van der Waals surface area contributed by atoms with Gasteiger partial charge in [0, 0.05) is 40.0 Å². The number of amides is 2. The normalized spacial score (nSPS) is 21.3. The lowest BCUT2D eigenvalue weighted by Crippen LogP contribution is -2.44. The van der Waals surface area contributed by atoms with Crippen molar-refractivity contribution in [3.63, 3.8) is 0 Å². The highest BCUT2D eigenvalue weighted by atomic mass is 19.1. The Bertz CT molecular complexity index is 678. The molecule has 1 aromatic rings. The van der Waals surface area contributed by atoms with Gasteiger partial charge in [0.05, 0.1) is 0 Å². The van der Waals surface area contributed by atoms with E-state index in [1.807, 2.05) is 17.9 Å². The summed E-state index contributed by atoms with van der Waals surface area (Å²) >= 11 is 0. The molecule has 136 valence electrons. The zero-order valence-electron chi connectivity index (χ0n) is 15.3. The number of rotatable bonds is 3. The second kappa shape index (κ2) is 6.77. The average molecular weight is 346 g/mol. The third-order valence-corrected chi connectivity index (χ3v) is 5.96. The Morgan fingerprint density at radius 1 is 1.28 bits per heavy atom. The van der Waals surface area contributed by atoms with Gasteiger partial charge in [0.15, 0.2) is 0 Å². The quantitative estimate of drug-likeness (QED) is 0.844. The van der Waals surface area contributed by atoms with Crippen LogP contribution in [0.2, 0.25) is 0 Å². The van der Waals surface area contributed by atoms with Gasteiger partial charge in [-0.15, -0.1) is 0 Å². The summed E-state index contributed by atoms with van der Waals surface area (Å²) in [4.78, 5) is 27.7. The third kappa shape index (κ3) is 3.29. The molecule has 0 aromatic heterocycles. The lowest BCUT2D eigenvalue weighted by atomic mass is 9.73. The highest BCUT2D eigenvalue weighted by Crippen LogP contribution is 2.53. The topological polar surface area (TPSA) is 40.6 Å². The summed E-state index contributed by atoms with van der Waals surface area (Å²) in [5.41, 5.74) is 2.08. The summed E-state index contributed by atoms with van der Waals surface area (Å²) in [6.07, 6.45) is 3.56. The van der Waals surface area contributed by atoms with Crippen molar-refractivity contribution in [3.8, 4) is 0 Å². The Kier molecular flexibility index (Phi) is 4.85. The van der Waals surface area contributed by atoms with E-state index in [0.29, 0.717) is 12.8 Å². The number of hydrogen-bond acceptors (Lipinski definition) is 2. The molecule has 1 aliphatic carbocycles. The Morgan fingerprint density at radius 2 is 1.96 bits per heavy atom. The predicted octanol–water partition coefficient (Wildman–Crippen LogP) is 3.06. The van der Waals surface area contributed by atoms with Crippen LogP contribution in [0.4, 0.5) is 4.39 Å². The van der Waals surface area contributed by atoms with Gasteiger partial charge in [-0.25, -0.2) is 4.39 Å². The zero-order chi connectivity index (χ0) is 18.2. The van der Waals surface area contributed by atoms with E-state index in [0.717, 1.165) is 43.5 Å². The lowest BCUT2D eigenvalue weighted by Gasteiger charge is -2.40. The van der Waals surface area contributed by atoms with E-state index in [-0.39, 0.29) is 29.0 Å². The molecule has 0 N–H and O–H groups in total. The van der Waals surface area contributed by atoms with Crippen molar-refractivity contribution >= 4 is 11.8 Å². The van der Waals surface area contributed by atoms with Gasteiger partial charge < -0.3 is 9.80 Å². The molecule has 1 fully saturated rings. The van der Waals surface area contributed by atoms with Gasteiger partial charge in [0.25, 0.3) is 0 Å². The van der Waals surface area contributed by atoms with Crippen LogP contribution >= 0.6 is 0 Å². The van der Waals surface area contributed by atoms with Gasteiger partial charge in [-0.3, -0.25) is 9.59 Å².